The lowest BCUT2D eigenvalue weighted by Crippen LogP contribution is -2.39. The quantitative estimate of drug-likeness (QED) is 0.360. The zero-order valence-corrected chi connectivity index (χ0v) is 18.6. The van der Waals surface area contributed by atoms with E-state index in [1.165, 1.54) is 15.3 Å². The molecule has 142 valence electrons. The van der Waals surface area contributed by atoms with Crippen molar-refractivity contribution in [3.8, 4) is 0 Å². The summed E-state index contributed by atoms with van der Waals surface area (Å²) in [7, 11) is 3.48. The molecule has 0 bridgehead atoms. The van der Waals surface area contributed by atoms with Gasteiger partial charge in [-0.25, -0.2) is 4.99 Å². The fourth-order valence-electron chi connectivity index (χ4n) is 2.18. The van der Waals surface area contributed by atoms with Crippen LogP contribution < -0.4 is 10.6 Å². The highest BCUT2D eigenvalue weighted by Gasteiger charge is 2.05. The number of nitrogens with one attached hydrogen (secondary N) is 2. The molecule has 0 aliphatic heterocycles. The second-order valence-corrected chi connectivity index (χ2v) is 7.35. The van der Waals surface area contributed by atoms with Gasteiger partial charge in [0, 0.05) is 30.4 Å². The maximum atomic E-state index is 11.8. The van der Waals surface area contributed by atoms with Crippen molar-refractivity contribution in [2.75, 3.05) is 27.2 Å². The molecule has 5 nitrogen and oxygen atoms in total. The number of aryl methyl sites for hydroxylation is 1. The number of thiophene rings is 1. The molecule has 0 spiro atoms. The molecule has 26 heavy (non-hydrogen) atoms. The van der Waals surface area contributed by atoms with E-state index in [4.69, 9.17) is 0 Å². The van der Waals surface area contributed by atoms with E-state index in [9.17, 15) is 4.79 Å². The molecule has 0 aliphatic rings. The highest BCUT2D eigenvalue weighted by atomic mass is 127. The molecule has 0 radical (unpaired) electrons. The number of halogens is 1. The summed E-state index contributed by atoms with van der Waals surface area (Å²) in [5.41, 5.74) is 1.27. The first-order valence-electron chi connectivity index (χ1n) is 8.36. The number of nitrogens with zero attached hydrogens (tertiary/aromatic N) is 2. The number of hydrogen-bond donors (Lipinski definition) is 2. The molecule has 0 aliphatic carbocycles. The van der Waals surface area contributed by atoms with Crippen LogP contribution in [-0.4, -0.2) is 44.0 Å². The van der Waals surface area contributed by atoms with E-state index in [1.807, 2.05) is 18.2 Å². The maximum absolute atomic E-state index is 11.8. The van der Waals surface area contributed by atoms with Gasteiger partial charge in [-0.3, -0.25) is 4.79 Å². The average Bonchev–Trinajstić information content (AvgIpc) is 3.02. The summed E-state index contributed by atoms with van der Waals surface area (Å²) >= 11 is 1.76. The van der Waals surface area contributed by atoms with Crippen molar-refractivity contribution in [1.82, 2.24) is 15.5 Å². The molecule has 0 saturated heterocycles. The van der Waals surface area contributed by atoms with E-state index in [0.717, 1.165) is 13.0 Å². The molecule has 1 aromatic heterocycles. The minimum Gasteiger partial charge on any atom is -0.356 e. The number of benzene rings is 1. The van der Waals surface area contributed by atoms with Gasteiger partial charge in [-0.1, -0.05) is 30.3 Å². The number of carbonyl (C=O) groups excluding carboxylic acids is 1. The number of rotatable bonds is 7. The topological polar surface area (TPSA) is 56.7 Å². The minimum atomic E-state index is -0.0175. The molecular formula is C19H27IN4OS. The minimum absolute atomic E-state index is 0. The molecule has 2 aromatic rings. The van der Waals surface area contributed by atoms with E-state index < -0.39 is 0 Å². The van der Waals surface area contributed by atoms with Crippen LogP contribution in [-0.2, 0) is 17.8 Å². The summed E-state index contributed by atoms with van der Waals surface area (Å²) in [6, 6.07) is 14.5. The predicted octanol–water partition coefficient (Wildman–Crippen LogP) is 3.04. The Morgan fingerprint density at radius 2 is 1.85 bits per heavy atom. The molecular weight excluding hydrogens is 459 g/mol. The van der Waals surface area contributed by atoms with Crippen LogP contribution in [0.1, 0.15) is 15.3 Å². The summed E-state index contributed by atoms with van der Waals surface area (Å²) in [6.07, 6.45) is 0.904. The van der Waals surface area contributed by atoms with E-state index in [1.54, 1.807) is 30.3 Å². The van der Waals surface area contributed by atoms with E-state index in [2.05, 4.69) is 46.8 Å². The summed E-state index contributed by atoms with van der Waals surface area (Å²) in [5, 5.41) is 6.62. The number of amides is 1. The van der Waals surface area contributed by atoms with Gasteiger partial charge in [-0.15, -0.1) is 35.3 Å². The normalized spacial score (nSPS) is 10.8. The zero-order valence-electron chi connectivity index (χ0n) is 15.5. The van der Waals surface area contributed by atoms with Crippen LogP contribution in [0.25, 0.3) is 0 Å². The van der Waals surface area contributed by atoms with Gasteiger partial charge in [-0.2, -0.15) is 0 Å². The monoisotopic (exact) mass is 486 g/mol. The summed E-state index contributed by atoms with van der Waals surface area (Å²) in [4.78, 5) is 20.3. The van der Waals surface area contributed by atoms with Crippen molar-refractivity contribution < 1.29 is 4.79 Å². The van der Waals surface area contributed by atoms with Gasteiger partial charge in [0.05, 0.1) is 6.54 Å². The van der Waals surface area contributed by atoms with Crippen molar-refractivity contribution in [3.63, 3.8) is 0 Å². The van der Waals surface area contributed by atoms with E-state index in [-0.39, 0.29) is 36.4 Å². The second kappa shape index (κ2) is 11.9. The van der Waals surface area contributed by atoms with E-state index >= 15 is 0 Å². The van der Waals surface area contributed by atoms with Crippen molar-refractivity contribution in [3.05, 3.63) is 57.8 Å². The van der Waals surface area contributed by atoms with Crippen molar-refractivity contribution >= 4 is 47.2 Å². The molecule has 1 aromatic carbocycles. The molecule has 1 amide bonds. The Bertz CT molecular complexity index is 701. The first-order valence-corrected chi connectivity index (χ1v) is 9.18. The Kier molecular flexibility index (Phi) is 10.3. The molecule has 2 N–H and O–H groups in total. The van der Waals surface area contributed by atoms with Gasteiger partial charge in [0.1, 0.15) is 6.54 Å². The molecule has 0 unspecified atom stereocenters. The third-order valence-corrected chi connectivity index (χ3v) is 4.65. The summed E-state index contributed by atoms with van der Waals surface area (Å²) < 4.78 is 0. The number of carbonyl (C=O) groups is 1. The lowest BCUT2D eigenvalue weighted by atomic mass is 10.1. The predicted molar refractivity (Wildman–Crippen MR) is 120 cm³/mol. The Morgan fingerprint density at radius 1 is 1.12 bits per heavy atom. The van der Waals surface area contributed by atoms with Crippen LogP contribution in [0.2, 0.25) is 0 Å². The molecule has 0 saturated carbocycles. The van der Waals surface area contributed by atoms with Crippen molar-refractivity contribution in [2.24, 2.45) is 4.99 Å². The smallest absolute Gasteiger partial charge is 0.243 e. The summed E-state index contributed by atoms with van der Waals surface area (Å²) in [6.45, 7) is 3.69. The summed E-state index contributed by atoms with van der Waals surface area (Å²) in [5.74, 6) is 0.647. The Balaban J connectivity index is 0.00000338. The first kappa shape index (κ1) is 22.4. The number of likely N-dealkylation sites (N-methyl/N-ethyl adjacent to an activating group) is 1. The van der Waals surface area contributed by atoms with Gasteiger partial charge in [0.15, 0.2) is 5.96 Å². The Labute approximate surface area is 176 Å². The van der Waals surface area contributed by atoms with Gasteiger partial charge >= 0.3 is 0 Å². The fraction of sp³-hybridized carbons (Fsp3) is 0.368. The largest absolute Gasteiger partial charge is 0.356 e. The van der Waals surface area contributed by atoms with Crippen LogP contribution in [0.4, 0.5) is 0 Å². The molecule has 2 rings (SSSR count). The van der Waals surface area contributed by atoms with Gasteiger partial charge in [0.2, 0.25) is 5.91 Å². The third-order valence-electron chi connectivity index (χ3n) is 3.65. The zero-order chi connectivity index (χ0) is 18.1. The molecule has 0 fully saturated rings. The average molecular weight is 486 g/mol. The number of guanidine groups is 1. The number of aliphatic imine (C=N–C) groups is 1. The maximum Gasteiger partial charge on any atom is 0.243 e. The Morgan fingerprint density at radius 3 is 2.46 bits per heavy atom. The van der Waals surface area contributed by atoms with Gasteiger partial charge in [0.25, 0.3) is 0 Å². The number of hydrogen-bond acceptors (Lipinski definition) is 3. The van der Waals surface area contributed by atoms with Crippen molar-refractivity contribution in [1.29, 1.82) is 0 Å². The van der Waals surface area contributed by atoms with Gasteiger partial charge < -0.3 is 15.5 Å². The standard InChI is InChI=1S/C19H26N4OS.HI/c1-15-9-10-17(25-15)13-21-19(22-14-18(24)23(2)3)20-12-11-16-7-5-4-6-8-16;/h4-10H,11-14H2,1-3H3,(H2,20,21,22);1H. The van der Waals surface area contributed by atoms with Crippen molar-refractivity contribution in [2.45, 2.75) is 19.9 Å². The van der Waals surface area contributed by atoms with E-state index in [0.29, 0.717) is 12.5 Å². The first-order chi connectivity index (χ1) is 12.0. The molecule has 0 atom stereocenters. The van der Waals surface area contributed by atoms with Crippen LogP contribution in [0, 0.1) is 6.92 Å². The third kappa shape index (κ3) is 8.18. The highest BCUT2D eigenvalue weighted by Crippen LogP contribution is 2.14. The molecule has 7 heteroatoms. The SMILES string of the molecule is Cc1ccc(CNC(=NCC(=O)N(C)C)NCCc2ccccc2)s1.I. The Hall–Kier alpha value is -1.61. The highest BCUT2D eigenvalue weighted by molar-refractivity contribution is 14.0. The second-order valence-electron chi connectivity index (χ2n) is 5.98. The lowest BCUT2D eigenvalue weighted by Gasteiger charge is -2.13. The van der Waals surface area contributed by atoms with Gasteiger partial charge in [-0.05, 0) is 31.0 Å². The van der Waals surface area contributed by atoms with Crippen LogP contribution in [0.5, 0.6) is 0 Å². The van der Waals surface area contributed by atoms with Crippen LogP contribution >= 0.6 is 35.3 Å². The van der Waals surface area contributed by atoms with Crippen LogP contribution in [0.15, 0.2) is 47.5 Å². The molecule has 1 heterocycles. The van der Waals surface area contributed by atoms with Crippen LogP contribution in [0.3, 0.4) is 0 Å². The lowest BCUT2D eigenvalue weighted by molar-refractivity contribution is -0.127. The fourth-order valence-corrected chi connectivity index (χ4v) is 3.01.